The average Bonchev–Trinajstić information content (AvgIpc) is 3.12. The standard InChI is InChI=1S/C16H14F3N4OS/c1-11-9-23(13-5-3-12(4-6-13)16(17,18)19)15(25-11)20-14(24)22-8-7-21(2)10-22/h3-10H,1-2H3/q+1. The second-order valence-electron chi connectivity index (χ2n) is 5.42. The molecule has 3 aromatic rings. The van der Waals surface area contributed by atoms with Crippen molar-refractivity contribution in [2.45, 2.75) is 13.1 Å². The summed E-state index contributed by atoms with van der Waals surface area (Å²) in [7, 11) is 1.78. The zero-order chi connectivity index (χ0) is 18.2. The number of rotatable bonds is 1. The molecule has 3 rings (SSSR count). The van der Waals surface area contributed by atoms with Crippen LogP contribution in [0.2, 0.25) is 0 Å². The fraction of sp³-hybridized carbons (Fsp3) is 0.188. The molecule has 0 atom stereocenters. The number of carbonyl (C=O) groups excluding carboxylic acids is 1. The van der Waals surface area contributed by atoms with Crippen molar-refractivity contribution in [1.82, 2.24) is 9.13 Å². The predicted molar refractivity (Wildman–Crippen MR) is 85.4 cm³/mol. The molecule has 130 valence electrons. The lowest BCUT2D eigenvalue weighted by atomic mass is 10.2. The SMILES string of the molecule is Cc1cn(-c2ccc(C(F)(F)F)cc2)c(=NC(=O)n2cc[n+](C)c2)s1. The van der Waals surface area contributed by atoms with E-state index in [1.54, 1.807) is 41.1 Å². The van der Waals surface area contributed by atoms with Crippen molar-refractivity contribution in [3.63, 3.8) is 0 Å². The molecule has 0 aliphatic heterocycles. The van der Waals surface area contributed by atoms with E-state index in [0.29, 0.717) is 10.5 Å². The van der Waals surface area contributed by atoms with E-state index in [0.717, 1.165) is 17.0 Å². The largest absolute Gasteiger partial charge is 0.441 e. The lowest BCUT2D eigenvalue weighted by molar-refractivity contribution is -0.670. The predicted octanol–water partition coefficient (Wildman–Crippen LogP) is 3.06. The summed E-state index contributed by atoms with van der Waals surface area (Å²) in [6.07, 6.45) is 2.20. The minimum atomic E-state index is -4.39. The fourth-order valence-corrected chi connectivity index (χ4v) is 3.06. The number of amides is 1. The summed E-state index contributed by atoms with van der Waals surface area (Å²) in [5.74, 6) is 0. The van der Waals surface area contributed by atoms with Crippen molar-refractivity contribution in [1.29, 1.82) is 0 Å². The summed E-state index contributed by atoms with van der Waals surface area (Å²) < 4.78 is 42.7. The number of aromatic nitrogens is 3. The third-order valence-corrected chi connectivity index (χ3v) is 4.32. The Morgan fingerprint density at radius 3 is 2.48 bits per heavy atom. The lowest BCUT2D eigenvalue weighted by Gasteiger charge is -2.08. The van der Waals surface area contributed by atoms with Gasteiger partial charge in [-0.25, -0.2) is 9.36 Å². The van der Waals surface area contributed by atoms with E-state index >= 15 is 0 Å². The van der Waals surface area contributed by atoms with Crippen molar-refractivity contribution >= 4 is 17.4 Å². The Kier molecular flexibility index (Phi) is 4.34. The molecule has 25 heavy (non-hydrogen) atoms. The van der Waals surface area contributed by atoms with Gasteiger partial charge in [0.1, 0.15) is 12.4 Å². The Morgan fingerprint density at radius 2 is 1.92 bits per heavy atom. The van der Waals surface area contributed by atoms with Crippen molar-refractivity contribution in [2.75, 3.05) is 0 Å². The molecule has 0 saturated carbocycles. The quantitative estimate of drug-likeness (QED) is 0.610. The molecular formula is C16H14F3N4OS+. The summed E-state index contributed by atoms with van der Waals surface area (Å²) in [6, 6.07) is 4.24. The number of nitrogens with zero attached hydrogens (tertiary/aromatic N) is 4. The third kappa shape index (κ3) is 3.71. The highest BCUT2D eigenvalue weighted by atomic mass is 32.1. The van der Waals surface area contributed by atoms with Crippen LogP contribution in [0.25, 0.3) is 5.69 Å². The van der Waals surface area contributed by atoms with Crippen molar-refractivity contribution in [3.05, 3.63) is 64.4 Å². The van der Waals surface area contributed by atoms with Crippen LogP contribution in [-0.2, 0) is 13.2 Å². The van der Waals surface area contributed by atoms with Crippen molar-refractivity contribution in [3.8, 4) is 5.69 Å². The van der Waals surface area contributed by atoms with Gasteiger partial charge in [-0.3, -0.25) is 4.57 Å². The molecule has 0 aliphatic rings. The first-order valence-corrected chi connectivity index (χ1v) is 8.05. The number of thiazole rings is 1. The maximum absolute atomic E-state index is 12.7. The number of hydrogen-bond donors (Lipinski definition) is 0. The van der Waals surface area contributed by atoms with Gasteiger partial charge >= 0.3 is 12.2 Å². The van der Waals surface area contributed by atoms with Gasteiger partial charge in [-0.05, 0) is 31.2 Å². The normalized spacial score (nSPS) is 12.6. The number of benzene rings is 1. The van der Waals surface area contributed by atoms with Crippen LogP contribution in [0.3, 0.4) is 0 Å². The van der Waals surface area contributed by atoms with Crippen molar-refractivity contribution in [2.24, 2.45) is 12.0 Å². The minimum Gasteiger partial charge on any atom is -0.292 e. The van der Waals surface area contributed by atoms with Gasteiger partial charge in [-0.1, -0.05) is 0 Å². The van der Waals surface area contributed by atoms with E-state index in [9.17, 15) is 18.0 Å². The van der Waals surface area contributed by atoms with Crippen LogP contribution < -0.4 is 9.37 Å². The molecule has 0 fully saturated rings. The third-order valence-electron chi connectivity index (χ3n) is 3.42. The van der Waals surface area contributed by atoms with Crippen LogP contribution in [0.15, 0.2) is 54.2 Å². The maximum Gasteiger partial charge on any atom is 0.441 e. The molecule has 5 nitrogen and oxygen atoms in total. The highest BCUT2D eigenvalue weighted by molar-refractivity contribution is 7.09. The Balaban J connectivity index is 2.01. The van der Waals surface area contributed by atoms with Crippen molar-refractivity contribution < 1.29 is 22.5 Å². The molecule has 1 amide bonds. The van der Waals surface area contributed by atoms with Crippen LogP contribution in [-0.4, -0.2) is 15.2 Å². The Hall–Kier alpha value is -2.68. The molecule has 9 heteroatoms. The first-order chi connectivity index (χ1) is 11.7. The number of aryl methyl sites for hydroxylation is 2. The van der Waals surface area contributed by atoms with Gasteiger partial charge in [0.05, 0.1) is 12.6 Å². The van der Waals surface area contributed by atoms with Gasteiger partial charge in [-0.2, -0.15) is 13.2 Å². The number of carbonyl (C=O) groups is 1. The maximum atomic E-state index is 12.7. The van der Waals surface area contributed by atoms with E-state index in [-0.39, 0.29) is 0 Å². The average molecular weight is 367 g/mol. The zero-order valence-electron chi connectivity index (χ0n) is 13.4. The first kappa shape index (κ1) is 17.2. The minimum absolute atomic E-state index is 0.388. The van der Waals surface area contributed by atoms with Crippen LogP contribution in [0.1, 0.15) is 10.4 Å². The summed E-state index contributed by atoms with van der Waals surface area (Å²) >= 11 is 1.28. The molecule has 0 N–H and O–H groups in total. The lowest BCUT2D eigenvalue weighted by Crippen LogP contribution is -2.25. The first-order valence-electron chi connectivity index (χ1n) is 7.23. The topological polar surface area (TPSA) is 43.2 Å². The number of alkyl halides is 3. The van der Waals surface area contributed by atoms with Gasteiger partial charge in [0.25, 0.3) is 6.33 Å². The highest BCUT2D eigenvalue weighted by Gasteiger charge is 2.30. The molecule has 0 spiro atoms. The van der Waals surface area contributed by atoms with E-state index in [1.807, 2.05) is 6.92 Å². The van der Waals surface area contributed by atoms with Gasteiger partial charge in [0, 0.05) is 16.8 Å². The van der Waals surface area contributed by atoms with Gasteiger partial charge < -0.3 is 0 Å². The smallest absolute Gasteiger partial charge is 0.292 e. The molecule has 0 radical (unpaired) electrons. The summed E-state index contributed by atoms with van der Waals surface area (Å²) in [4.78, 5) is 17.6. The van der Waals surface area contributed by atoms with E-state index in [2.05, 4.69) is 4.99 Å². The molecule has 0 aliphatic carbocycles. The monoisotopic (exact) mass is 367 g/mol. The van der Waals surface area contributed by atoms with E-state index in [1.165, 1.54) is 28.0 Å². The second kappa shape index (κ2) is 6.32. The van der Waals surface area contributed by atoms with Crippen LogP contribution in [0, 0.1) is 6.92 Å². The summed E-state index contributed by atoms with van der Waals surface area (Å²) in [5, 5.41) is 0. The highest BCUT2D eigenvalue weighted by Crippen LogP contribution is 2.29. The zero-order valence-corrected chi connectivity index (χ0v) is 14.2. The van der Waals surface area contributed by atoms with Gasteiger partial charge in [-0.15, -0.1) is 20.9 Å². The molecule has 0 unspecified atom stereocenters. The van der Waals surface area contributed by atoms with E-state index < -0.39 is 17.8 Å². The number of hydrogen-bond acceptors (Lipinski definition) is 2. The van der Waals surface area contributed by atoms with Crippen LogP contribution in [0.4, 0.5) is 18.0 Å². The molecule has 2 aromatic heterocycles. The Labute approximate surface area is 144 Å². The molecule has 1 aromatic carbocycles. The number of imidazole rings is 1. The van der Waals surface area contributed by atoms with Gasteiger partial charge in [0.2, 0.25) is 4.80 Å². The molecule has 0 bridgehead atoms. The molecule has 2 heterocycles. The second-order valence-corrected chi connectivity index (χ2v) is 6.63. The van der Waals surface area contributed by atoms with Crippen LogP contribution >= 0.6 is 11.3 Å². The molecule has 0 saturated heterocycles. The Morgan fingerprint density at radius 1 is 1.24 bits per heavy atom. The fourth-order valence-electron chi connectivity index (χ4n) is 2.23. The van der Waals surface area contributed by atoms with Gasteiger partial charge in [0.15, 0.2) is 0 Å². The Bertz CT molecular complexity index is 980. The van der Waals surface area contributed by atoms with Crippen LogP contribution in [0.5, 0.6) is 0 Å². The molecular weight excluding hydrogens is 353 g/mol. The summed E-state index contributed by atoms with van der Waals surface area (Å²) in [6.45, 7) is 1.84. The van der Waals surface area contributed by atoms with E-state index in [4.69, 9.17) is 0 Å². The number of halogens is 3. The summed E-state index contributed by atoms with van der Waals surface area (Å²) in [5.41, 5.74) is -0.222.